The molecule has 1 aromatic rings. The Morgan fingerprint density at radius 1 is 1.29 bits per heavy atom. The number of hydrogen-bond acceptors (Lipinski definition) is 4. The summed E-state index contributed by atoms with van der Waals surface area (Å²) in [7, 11) is -4.50. The van der Waals surface area contributed by atoms with Gasteiger partial charge in [-0.1, -0.05) is 18.2 Å². The Hall–Kier alpha value is -1.50. The zero-order chi connectivity index (χ0) is 10.8. The van der Waals surface area contributed by atoms with Crippen molar-refractivity contribution in [3.63, 3.8) is 0 Å². The van der Waals surface area contributed by atoms with Crippen molar-refractivity contribution in [1.29, 1.82) is 0 Å². The van der Waals surface area contributed by atoms with E-state index in [4.69, 9.17) is 0 Å². The van der Waals surface area contributed by atoms with Gasteiger partial charge >= 0.3 is 5.63 Å². The van der Waals surface area contributed by atoms with Crippen LogP contribution in [-0.4, -0.2) is 19.0 Å². The topological polar surface area (TPSA) is 77.3 Å². The molecule has 14 heavy (non-hydrogen) atoms. The van der Waals surface area contributed by atoms with Gasteiger partial charge in [0, 0.05) is 0 Å². The minimum atomic E-state index is -4.50. The number of halogens is 1. The molecule has 0 heterocycles. The highest BCUT2D eigenvalue weighted by molar-refractivity contribution is 7.91. The molecule has 0 spiro atoms. The molecule has 0 aliphatic carbocycles. The Labute approximate surface area is 79.2 Å². The van der Waals surface area contributed by atoms with E-state index in [2.05, 4.69) is 0 Å². The third-order valence-corrected chi connectivity index (χ3v) is 3.11. The molecule has 0 unspecified atom stereocenters. The van der Waals surface area contributed by atoms with E-state index in [-0.39, 0.29) is 0 Å². The van der Waals surface area contributed by atoms with E-state index in [1.165, 1.54) is 18.2 Å². The van der Waals surface area contributed by atoms with E-state index in [1.807, 2.05) is 0 Å². The maximum atomic E-state index is 12.7. The van der Waals surface area contributed by atoms with E-state index >= 15 is 0 Å². The highest BCUT2D eigenvalue weighted by atomic mass is 32.2. The molecule has 0 saturated carbocycles. The molecule has 1 rings (SSSR count). The summed E-state index contributed by atoms with van der Waals surface area (Å²) in [6.45, 7) is 0. The van der Waals surface area contributed by atoms with Gasteiger partial charge in [-0.05, 0) is 12.1 Å². The van der Waals surface area contributed by atoms with Gasteiger partial charge in [0.05, 0.1) is 9.82 Å². The molecule has 1 atom stereocenters. The van der Waals surface area contributed by atoms with Gasteiger partial charge < -0.3 is 0 Å². The normalized spacial score (nSPS) is 13.5. The second kappa shape index (κ2) is 3.70. The molecule has 76 valence electrons. The highest BCUT2D eigenvalue weighted by Gasteiger charge is 2.37. The van der Waals surface area contributed by atoms with Crippen molar-refractivity contribution in [2.45, 2.75) is 10.5 Å². The van der Waals surface area contributed by atoms with Crippen LogP contribution in [0.3, 0.4) is 0 Å². The van der Waals surface area contributed by atoms with Crippen molar-refractivity contribution in [1.82, 2.24) is 0 Å². The Balaban J connectivity index is 3.16. The molecule has 0 aromatic heterocycles. The van der Waals surface area contributed by atoms with Crippen LogP contribution in [0.5, 0.6) is 0 Å². The molecule has 0 bridgehead atoms. The lowest BCUT2D eigenvalue weighted by Crippen LogP contribution is -2.24. The van der Waals surface area contributed by atoms with E-state index in [9.17, 15) is 22.9 Å². The quantitative estimate of drug-likeness (QED) is 0.431. The molecule has 0 N–H and O–H groups in total. The van der Waals surface area contributed by atoms with Crippen LogP contribution in [-0.2, 0) is 9.84 Å². The lowest BCUT2D eigenvalue weighted by molar-refractivity contribution is -0.525. The number of benzene rings is 1. The summed E-state index contributed by atoms with van der Waals surface area (Å²) in [5, 5.41) is 9.97. The Kier molecular flexibility index (Phi) is 2.80. The molecule has 0 saturated heterocycles. The summed E-state index contributed by atoms with van der Waals surface area (Å²) >= 11 is 0. The summed E-state index contributed by atoms with van der Waals surface area (Å²) in [5.41, 5.74) is -3.11. The lowest BCUT2D eigenvalue weighted by atomic mass is 10.4. The number of rotatable bonds is 3. The van der Waals surface area contributed by atoms with Gasteiger partial charge in [-0.2, -0.15) is 4.39 Å². The van der Waals surface area contributed by atoms with Crippen LogP contribution < -0.4 is 0 Å². The van der Waals surface area contributed by atoms with E-state index < -0.39 is 25.3 Å². The van der Waals surface area contributed by atoms with Crippen LogP contribution in [0.15, 0.2) is 35.2 Å². The average Bonchev–Trinajstić information content (AvgIpc) is 2.18. The maximum Gasteiger partial charge on any atom is 0.453 e. The molecular weight excluding hydrogens is 213 g/mol. The molecule has 0 amide bonds. The van der Waals surface area contributed by atoms with E-state index in [1.54, 1.807) is 0 Å². The molecule has 7 heteroatoms. The van der Waals surface area contributed by atoms with Crippen LogP contribution in [0, 0.1) is 10.1 Å². The number of nitrogens with zero attached hydrogens (tertiary/aromatic N) is 1. The minimum Gasteiger partial charge on any atom is -0.261 e. The van der Waals surface area contributed by atoms with Crippen molar-refractivity contribution in [3.8, 4) is 0 Å². The fraction of sp³-hybridized carbons (Fsp3) is 0.143. The Bertz CT molecular complexity index is 430. The van der Waals surface area contributed by atoms with Crippen LogP contribution in [0.25, 0.3) is 0 Å². The van der Waals surface area contributed by atoms with Gasteiger partial charge in [-0.15, -0.1) is 0 Å². The number of alkyl halides is 1. The highest BCUT2D eigenvalue weighted by Crippen LogP contribution is 2.16. The third-order valence-electron chi connectivity index (χ3n) is 1.49. The Morgan fingerprint density at radius 2 is 1.79 bits per heavy atom. The van der Waals surface area contributed by atoms with Gasteiger partial charge in [-0.25, -0.2) is 8.42 Å². The molecule has 0 aliphatic heterocycles. The zero-order valence-electron chi connectivity index (χ0n) is 6.83. The van der Waals surface area contributed by atoms with Gasteiger partial charge in [-0.3, -0.25) is 10.1 Å². The summed E-state index contributed by atoms with van der Waals surface area (Å²) in [5.74, 6) is 0. The third kappa shape index (κ3) is 1.87. The summed E-state index contributed by atoms with van der Waals surface area (Å²) in [6, 6.07) is 6.45. The lowest BCUT2D eigenvalue weighted by Gasteiger charge is -2.02. The van der Waals surface area contributed by atoms with Gasteiger partial charge in [0.1, 0.15) is 0 Å². The first-order valence-corrected chi connectivity index (χ1v) is 5.07. The second-order valence-electron chi connectivity index (χ2n) is 2.44. The summed E-state index contributed by atoms with van der Waals surface area (Å²) in [4.78, 5) is 8.09. The molecule has 0 fully saturated rings. The predicted molar refractivity (Wildman–Crippen MR) is 45.5 cm³/mol. The Morgan fingerprint density at radius 3 is 2.21 bits per heavy atom. The van der Waals surface area contributed by atoms with Crippen LogP contribution in [0.1, 0.15) is 0 Å². The fourth-order valence-corrected chi connectivity index (χ4v) is 1.82. The molecule has 5 nitrogen and oxygen atoms in total. The fourth-order valence-electron chi connectivity index (χ4n) is 0.836. The monoisotopic (exact) mass is 219 g/mol. The van der Waals surface area contributed by atoms with Crippen LogP contribution in [0.4, 0.5) is 4.39 Å². The number of sulfone groups is 1. The molecule has 0 aliphatic rings. The summed E-state index contributed by atoms with van der Waals surface area (Å²) < 4.78 is 35.0. The van der Waals surface area contributed by atoms with Crippen molar-refractivity contribution < 1.29 is 17.7 Å². The van der Waals surface area contributed by atoms with Crippen molar-refractivity contribution >= 4 is 9.84 Å². The minimum absolute atomic E-state index is 0.399. The van der Waals surface area contributed by atoms with Crippen molar-refractivity contribution in [2.75, 3.05) is 0 Å². The molecule has 0 radical (unpaired) electrons. The zero-order valence-corrected chi connectivity index (χ0v) is 7.65. The average molecular weight is 219 g/mol. The van der Waals surface area contributed by atoms with E-state index in [0.29, 0.717) is 0 Å². The first-order chi connectivity index (χ1) is 6.46. The SMILES string of the molecule is O=[N+]([O-])[C@@H](F)S(=O)(=O)c1ccccc1. The van der Waals surface area contributed by atoms with Crippen molar-refractivity contribution in [2.24, 2.45) is 0 Å². The maximum absolute atomic E-state index is 12.7. The van der Waals surface area contributed by atoms with Crippen molar-refractivity contribution in [3.05, 3.63) is 40.4 Å². The first kappa shape index (κ1) is 10.6. The largest absolute Gasteiger partial charge is 0.453 e. The van der Waals surface area contributed by atoms with Gasteiger partial charge in [0.25, 0.3) is 9.84 Å². The molecule has 1 aromatic carbocycles. The standard InChI is InChI=1S/C7H6FNO4S/c8-7(9(10)11)14(12,13)6-4-2-1-3-5-6/h1-5,7H/t7-/m1/s1. The van der Waals surface area contributed by atoms with Gasteiger partial charge in [0.15, 0.2) is 0 Å². The second-order valence-corrected chi connectivity index (χ2v) is 4.39. The van der Waals surface area contributed by atoms with Gasteiger partial charge in [0.2, 0.25) is 0 Å². The van der Waals surface area contributed by atoms with Crippen LogP contribution in [0.2, 0.25) is 0 Å². The summed E-state index contributed by atoms with van der Waals surface area (Å²) in [6.07, 6.45) is 0. The van der Waals surface area contributed by atoms with Crippen LogP contribution >= 0.6 is 0 Å². The van der Waals surface area contributed by atoms with E-state index in [0.717, 1.165) is 12.1 Å². The predicted octanol–water partition coefficient (Wildman–Crippen LogP) is 0.990. The number of nitro groups is 1. The number of hydrogen-bond donors (Lipinski definition) is 0. The first-order valence-electron chi connectivity index (χ1n) is 3.53. The molecular formula is C7H6FNO4S. The smallest absolute Gasteiger partial charge is 0.261 e.